The number of nitrogens with one attached hydrogen (secondary N) is 2. The highest BCUT2D eigenvalue weighted by Crippen LogP contribution is 2.20. The Morgan fingerprint density at radius 2 is 2.00 bits per heavy atom. The molecule has 2 aromatic heterocycles. The van der Waals surface area contributed by atoms with E-state index in [0.717, 1.165) is 5.69 Å². The fourth-order valence-corrected chi connectivity index (χ4v) is 3.28. The van der Waals surface area contributed by atoms with Crippen molar-refractivity contribution in [3.8, 4) is 0 Å². The van der Waals surface area contributed by atoms with E-state index in [-0.39, 0.29) is 4.90 Å². The van der Waals surface area contributed by atoms with Crippen LogP contribution in [-0.4, -0.2) is 28.4 Å². The molecule has 0 unspecified atom stereocenters. The second-order valence-corrected chi connectivity index (χ2v) is 5.78. The van der Waals surface area contributed by atoms with Crippen molar-refractivity contribution in [2.24, 2.45) is 7.05 Å². The average Bonchev–Trinajstić information content (AvgIpc) is 2.70. The molecule has 0 saturated heterocycles. The molecule has 0 radical (unpaired) electrons. The lowest BCUT2D eigenvalue weighted by molar-refractivity contribution is 0.599. The molecule has 2 N–H and O–H groups in total. The molecule has 0 aliphatic carbocycles. The molecule has 0 amide bonds. The minimum absolute atomic E-state index is 0.182. The van der Waals surface area contributed by atoms with Crippen LogP contribution >= 0.6 is 0 Å². The SMILES string of the molecule is Cc1cc(NS(=O)(=O)c2c(C)n[nH]c2C)n(C)n1. The van der Waals surface area contributed by atoms with Gasteiger partial charge in [-0.3, -0.25) is 14.5 Å². The van der Waals surface area contributed by atoms with Crippen LogP contribution in [0.4, 0.5) is 5.82 Å². The van der Waals surface area contributed by atoms with Crippen molar-refractivity contribution in [2.45, 2.75) is 25.7 Å². The Hall–Kier alpha value is -1.83. The van der Waals surface area contributed by atoms with Crippen LogP contribution in [0, 0.1) is 20.8 Å². The molecule has 2 heterocycles. The second kappa shape index (κ2) is 4.13. The van der Waals surface area contributed by atoms with Crippen LogP contribution in [0.2, 0.25) is 0 Å². The van der Waals surface area contributed by atoms with Gasteiger partial charge in [-0.25, -0.2) is 8.42 Å². The first kappa shape index (κ1) is 12.6. The van der Waals surface area contributed by atoms with Gasteiger partial charge in [0.2, 0.25) is 0 Å². The molecular weight excluding hydrogens is 254 g/mol. The maximum absolute atomic E-state index is 12.3. The third kappa shape index (κ3) is 2.10. The predicted molar refractivity (Wildman–Crippen MR) is 66.8 cm³/mol. The summed E-state index contributed by atoms with van der Waals surface area (Å²) in [6.45, 7) is 5.11. The number of rotatable bonds is 3. The minimum Gasteiger partial charge on any atom is -0.281 e. The van der Waals surface area contributed by atoms with Gasteiger partial charge in [0.15, 0.2) is 0 Å². The first-order chi connectivity index (χ1) is 8.31. The van der Waals surface area contributed by atoms with Crippen molar-refractivity contribution in [1.29, 1.82) is 0 Å². The van der Waals surface area contributed by atoms with Crippen molar-refractivity contribution >= 4 is 15.8 Å². The van der Waals surface area contributed by atoms with Crippen LogP contribution < -0.4 is 4.72 Å². The third-order valence-corrected chi connectivity index (χ3v) is 4.19. The van der Waals surface area contributed by atoms with E-state index in [1.54, 1.807) is 33.9 Å². The lowest BCUT2D eigenvalue weighted by Gasteiger charge is -2.07. The lowest BCUT2D eigenvalue weighted by Crippen LogP contribution is -2.16. The molecule has 0 saturated carbocycles. The first-order valence-corrected chi connectivity index (χ1v) is 6.84. The molecule has 7 nitrogen and oxygen atoms in total. The van der Waals surface area contributed by atoms with Gasteiger partial charge in [-0.2, -0.15) is 10.2 Å². The number of nitrogens with zero attached hydrogens (tertiary/aromatic N) is 3. The quantitative estimate of drug-likeness (QED) is 0.864. The highest BCUT2D eigenvalue weighted by molar-refractivity contribution is 7.92. The number of hydrogen-bond donors (Lipinski definition) is 2. The number of aryl methyl sites for hydroxylation is 4. The minimum atomic E-state index is -3.65. The Balaban J connectivity index is 2.42. The van der Waals surface area contributed by atoms with Gasteiger partial charge in [0.05, 0.1) is 17.1 Å². The Morgan fingerprint density at radius 1 is 1.33 bits per heavy atom. The third-order valence-electron chi connectivity index (χ3n) is 2.57. The molecule has 0 aromatic carbocycles. The van der Waals surface area contributed by atoms with Crippen LogP contribution in [-0.2, 0) is 17.1 Å². The Labute approximate surface area is 105 Å². The largest absolute Gasteiger partial charge is 0.281 e. The van der Waals surface area contributed by atoms with Gasteiger partial charge in [-0.15, -0.1) is 0 Å². The van der Waals surface area contributed by atoms with E-state index >= 15 is 0 Å². The van der Waals surface area contributed by atoms with Crippen molar-refractivity contribution < 1.29 is 8.42 Å². The van der Waals surface area contributed by atoms with E-state index in [1.807, 2.05) is 0 Å². The van der Waals surface area contributed by atoms with Crippen molar-refractivity contribution in [1.82, 2.24) is 20.0 Å². The van der Waals surface area contributed by atoms with Gasteiger partial charge < -0.3 is 0 Å². The van der Waals surface area contributed by atoms with Gasteiger partial charge in [0, 0.05) is 13.1 Å². The van der Waals surface area contributed by atoms with E-state index in [4.69, 9.17) is 0 Å². The Kier molecular flexibility index (Phi) is 2.89. The summed E-state index contributed by atoms with van der Waals surface area (Å²) >= 11 is 0. The van der Waals surface area contributed by atoms with E-state index in [0.29, 0.717) is 17.2 Å². The molecule has 2 aromatic rings. The van der Waals surface area contributed by atoms with Crippen molar-refractivity contribution in [3.63, 3.8) is 0 Å². The molecule has 0 spiro atoms. The fraction of sp³-hybridized carbons (Fsp3) is 0.400. The maximum atomic E-state index is 12.3. The molecule has 2 rings (SSSR count). The zero-order valence-corrected chi connectivity index (χ0v) is 11.5. The average molecular weight is 269 g/mol. The van der Waals surface area contributed by atoms with Crippen LogP contribution in [0.25, 0.3) is 0 Å². The predicted octanol–water partition coefficient (Wildman–Crippen LogP) is 0.869. The summed E-state index contributed by atoms with van der Waals surface area (Å²) in [6, 6.07) is 1.67. The smallest absolute Gasteiger partial charge is 0.266 e. The molecule has 0 aliphatic rings. The molecule has 8 heteroatoms. The standard InChI is InChI=1S/C10H15N5O2S/c1-6-5-9(15(4)13-6)14-18(16,17)10-7(2)11-12-8(10)3/h5,14H,1-4H3,(H,11,12). The van der Waals surface area contributed by atoms with E-state index in [1.165, 1.54) is 4.68 Å². The highest BCUT2D eigenvalue weighted by atomic mass is 32.2. The summed E-state index contributed by atoms with van der Waals surface area (Å²) in [4.78, 5) is 0.182. The monoisotopic (exact) mass is 269 g/mol. The number of aromatic amines is 1. The Bertz CT molecular complexity index is 664. The summed E-state index contributed by atoms with van der Waals surface area (Å²) in [6.07, 6.45) is 0. The second-order valence-electron chi connectivity index (χ2n) is 4.16. The van der Waals surface area contributed by atoms with Crippen LogP contribution in [0.5, 0.6) is 0 Å². The van der Waals surface area contributed by atoms with Crippen LogP contribution in [0.3, 0.4) is 0 Å². The number of H-pyrrole nitrogens is 1. The van der Waals surface area contributed by atoms with Gasteiger partial charge in [0.1, 0.15) is 10.7 Å². The zero-order valence-electron chi connectivity index (χ0n) is 10.6. The van der Waals surface area contributed by atoms with E-state index in [2.05, 4.69) is 20.0 Å². The molecule has 0 bridgehead atoms. The number of hydrogen-bond acceptors (Lipinski definition) is 4. The highest BCUT2D eigenvalue weighted by Gasteiger charge is 2.23. The van der Waals surface area contributed by atoms with Gasteiger partial charge in [-0.05, 0) is 20.8 Å². The van der Waals surface area contributed by atoms with Crippen molar-refractivity contribution in [2.75, 3.05) is 4.72 Å². The first-order valence-electron chi connectivity index (χ1n) is 5.36. The molecule has 18 heavy (non-hydrogen) atoms. The van der Waals surface area contributed by atoms with Crippen LogP contribution in [0.1, 0.15) is 17.1 Å². The van der Waals surface area contributed by atoms with E-state index in [9.17, 15) is 8.42 Å². The topological polar surface area (TPSA) is 92.7 Å². The number of anilines is 1. The summed E-state index contributed by atoms with van der Waals surface area (Å²) in [5.41, 5.74) is 1.70. The van der Waals surface area contributed by atoms with Gasteiger partial charge in [0.25, 0.3) is 10.0 Å². The molecule has 0 aliphatic heterocycles. The normalized spacial score (nSPS) is 11.8. The molecule has 98 valence electrons. The summed E-state index contributed by atoms with van der Waals surface area (Å²) in [5.74, 6) is 0.424. The van der Waals surface area contributed by atoms with E-state index < -0.39 is 10.0 Å². The number of sulfonamides is 1. The van der Waals surface area contributed by atoms with Gasteiger partial charge in [-0.1, -0.05) is 0 Å². The summed E-state index contributed by atoms with van der Waals surface area (Å²) in [5, 5.41) is 10.6. The zero-order chi connectivity index (χ0) is 13.5. The Morgan fingerprint density at radius 3 is 2.44 bits per heavy atom. The molecule has 0 atom stereocenters. The van der Waals surface area contributed by atoms with Crippen LogP contribution in [0.15, 0.2) is 11.0 Å². The maximum Gasteiger partial charge on any atom is 0.266 e. The number of aromatic nitrogens is 4. The molecule has 0 fully saturated rings. The lowest BCUT2D eigenvalue weighted by atomic mass is 10.4. The van der Waals surface area contributed by atoms with Gasteiger partial charge >= 0.3 is 0 Å². The summed E-state index contributed by atoms with van der Waals surface area (Å²) in [7, 11) is -1.96. The fourth-order valence-electron chi connectivity index (χ4n) is 1.83. The van der Waals surface area contributed by atoms with Crippen molar-refractivity contribution in [3.05, 3.63) is 23.1 Å². The molecular formula is C10H15N5O2S. The summed E-state index contributed by atoms with van der Waals surface area (Å²) < 4.78 is 28.5.